The molecule has 0 saturated carbocycles. The molecule has 0 fully saturated rings. The van der Waals surface area contributed by atoms with Crippen LogP contribution in [-0.4, -0.2) is 27.1 Å². The summed E-state index contributed by atoms with van der Waals surface area (Å²) in [5, 5.41) is 4.23. The van der Waals surface area contributed by atoms with Gasteiger partial charge in [-0.25, -0.2) is 0 Å². The van der Waals surface area contributed by atoms with Crippen molar-refractivity contribution >= 4 is 28.8 Å². The Hall–Kier alpha value is -2.37. The van der Waals surface area contributed by atoms with Crippen LogP contribution in [0.4, 0.5) is 0 Å². The fraction of sp³-hybridized carbons (Fsp3) is 0.238. The summed E-state index contributed by atoms with van der Waals surface area (Å²) in [6.45, 7) is 7.94. The summed E-state index contributed by atoms with van der Waals surface area (Å²) >= 11 is 7.47. The number of hydrogen-bond donors (Lipinski definition) is 0. The lowest BCUT2D eigenvalue weighted by atomic mass is 10.1. The molecule has 0 atom stereocenters. The summed E-state index contributed by atoms with van der Waals surface area (Å²) in [5.74, 6) is 0.000160. The van der Waals surface area contributed by atoms with Crippen LogP contribution in [0.5, 0.6) is 0 Å². The van der Waals surface area contributed by atoms with Crippen LogP contribution in [0.2, 0.25) is 4.34 Å². The predicted octanol–water partition coefficient (Wildman–Crippen LogP) is 5.04. The fourth-order valence-corrected chi connectivity index (χ4v) is 4.28. The van der Waals surface area contributed by atoms with E-state index in [2.05, 4.69) is 36.9 Å². The first-order valence-corrected chi connectivity index (χ1v) is 10.1. The van der Waals surface area contributed by atoms with Crippen molar-refractivity contribution in [3.05, 3.63) is 76.2 Å². The Morgan fingerprint density at radius 2 is 2.11 bits per heavy atom. The Morgan fingerprint density at radius 3 is 2.78 bits per heavy atom. The van der Waals surface area contributed by atoms with Crippen LogP contribution in [-0.2, 0) is 24.3 Å². The largest absolute Gasteiger partial charge is 0.334 e. The first kappa shape index (κ1) is 19.4. The minimum absolute atomic E-state index is 0.000160. The molecule has 0 saturated heterocycles. The van der Waals surface area contributed by atoms with Gasteiger partial charge in [0.05, 0.1) is 17.1 Å². The smallest absolute Gasteiger partial charge is 0.246 e. The number of carbonyl (C=O) groups is 1. The van der Waals surface area contributed by atoms with E-state index in [1.165, 1.54) is 27.6 Å². The zero-order chi connectivity index (χ0) is 19.2. The van der Waals surface area contributed by atoms with Crippen LogP contribution in [0.25, 0.3) is 11.1 Å². The molecule has 2 aromatic heterocycles. The van der Waals surface area contributed by atoms with Gasteiger partial charge < -0.3 is 4.90 Å². The number of benzene rings is 1. The average molecular weight is 400 g/mol. The Balaban J connectivity index is 0.000000156. The summed E-state index contributed by atoms with van der Waals surface area (Å²) in [7, 11) is 0. The van der Waals surface area contributed by atoms with Crippen molar-refractivity contribution < 1.29 is 4.79 Å². The van der Waals surface area contributed by atoms with E-state index in [1.54, 1.807) is 16.2 Å². The molecule has 140 valence electrons. The van der Waals surface area contributed by atoms with Crippen molar-refractivity contribution in [3.8, 4) is 11.1 Å². The van der Waals surface area contributed by atoms with Gasteiger partial charge in [0, 0.05) is 29.7 Å². The van der Waals surface area contributed by atoms with Gasteiger partial charge in [0.2, 0.25) is 5.91 Å². The molecule has 4 rings (SSSR count). The molecular formula is C21H22ClN3OS. The van der Waals surface area contributed by atoms with E-state index >= 15 is 0 Å². The number of aromatic nitrogens is 2. The molecule has 0 radical (unpaired) electrons. The number of carbonyl (C=O) groups excluding carboxylic acids is 1. The quantitative estimate of drug-likeness (QED) is 0.578. The molecule has 0 unspecified atom stereocenters. The lowest BCUT2D eigenvalue weighted by Crippen LogP contribution is -2.33. The highest BCUT2D eigenvalue weighted by molar-refractivity contribution is 7.16. The third kappa shape index (κ3) is 4.87. The van der Waals surface area contributed by atoms with Crippen molar-refractivity contribution in [3.63, 3.8) is 0 Å². The number of nitrogens with zero attached hydrogens (tertiary/aromatic N) is 3. The molecule has 0 spiro atoms. The number of rotatable bonds is 3. The van der Waals surface area contributed by atoms with Crippen molar-refractivity contribution in [2.24, 2.45) is 0 Å². The SMILES string of the molecule is C=CC(=O)N1CCc2cc(Cl)sc2C1.CCn1cc(-c2ccccc2)cn1. The summed E-state index contributed by atoms with van der Waals surface area (Å²) in [4.78, 5) is 14.4. The standard InChI is InChI=1S/C11H12N2.C10H10ClNOS/c1-2-13-9-11(8-12-13)10-6-4-3-5-7-10;1-2-10(13)12-4-3-7-5-9(11)14-8(7)6-12/h3-9H,2H2,1H3;2,5H,1,3-4,6H2. The highest BCUT2D eigenvalue weighted by Gasteiger charge is 2.20. The third-order valence-corrected chi connectivity index (χ3v) is 5.69. The lowest BCUT2D eigenvalue weighted by Gasteiger charge is -2.25. The first-order chi connectivity index (χ1) is 13.1. The van der Waals surface area contributed by atoms with E-state index in [0.29, 0.717) is 6.54 Å². The van der Waals surface area contributed by atoms with E-state index in [-0.39, 0.29) is 5.91 Å². The number of hydrogen-bond acceptors (Lipinski definition) is 3. The molecule has 0 aliphatic carbocycles. The Morgan fingerprint density at radius 1 is 1.33 bits per heavy atom. The molecule has 27 heavy (non-hydrogen) atoms. The summed E-state index contributed by atoms with van der Waals surface area (Å²) in [6.07, 6.45) is 6.23. The third-order valence-electron chi connectivity index (χ3n) is 4.40. The van der Waals surface area contributed by atoms with Gasteiger partial charge in [-0.2, -0.15) is 5.10 Å². The summed E-state index contributed by atoms with van der Waals surface area (Å²) in [6, 6.07) is 12.3. The van der Waals surface area contributed by atoms with Crippen molar-refractivity contribution in [1.82, 2.24) is 14.7 Å². The van der Waals surface area contributed by atoms with E-state index in [1.807, 2.05) is 35.1 Å². The van der Waals surface area contributed by atoms with Crippen LogP contribution in [0.1, 0.15) is 17.4 Å². The van der Waals surface area contributed by atoms with Crippen molar-refractivity contribution in [2.75, 3.05) is 6.54 Å². The zero-order valence-electron chi connectivity index (χ0n) is 15.3. The molecule has 3 heterocycles. The van der Waals surface area contributed by atoms with Gasteiger partial charge in [-0.05, 0) is 36.6 Å². The molecular weight excluding hydrogens is 378 g/mol. The molecule has 6 heteroatoms. The minimum atomic E-state index is 0.000160. The van der Waals surface area contributed by atoms with E-state index in [0.717, 1.165) is 23.8 Å². The number of aryl methyl sites for hydroxylation is 1. The molecule has 1 amide bonds. The second-order valence-corrected chi connectivity index (χ2v) is 7.93. The molecule has 1 aromatic carbocycles. The minimum Gasteiger partial charge on any atom is -0.334 e. The summed E-state index contributed by atoms with van der Waals surface area (Å²) < 4.78 is 2.74. The van der Waals surface area contributed by atoms with Gasteiger partial charge in [-0.1, -0.05) is 48.5 Å². The highest BCUT2D eigenvalue weighted by Crippen LogP contribution is 2.31. The monoisotopic (exact) mass is 399 g/mol. The van der Waals surface area contributed by atoms with Crippen LogP contribution in [0.15, 0.2) is 61.4 Å². The molecule has 0 bridgehead atoms. The Labute approximate surface area is 168 Å². The molecule has 3 aromatic rings. The Kier molecular flexibility index (Phi) is 6.48. The van der Waals surface area contributed by atoms with Crippen molar-refractivity contribution in [1.29, 1.82) is 0 Å². The van der Waals surface area contributed by atoms with Gasteiger partial charge >= 0.3 is 0 Å². The maximum absolute atomic E-state index is 11.4. The van der Waals surface area contributed by atoms with Crippen molar-refractivity contribution in [2.45, 2.75) is 26.4 Å². The highest BCUT2D eigenvalue weighted by atomic mass is 35.5. The summed E-state index contributed by atoms with van der Waals surface area (Å²) in [5.41, 5.74) is 3.69. The second kappa shape index (κ2) is 9.02. The van der Waals surface area contributed by atoms with Gasteiger partial charge in [-0.3, -0.25) is 9.48 Å². The van der Waals surface area contributed by atoms with Crippen LogP contribution in [0.3, 0.4) is 0 Å². The number of fused-ring (bicyclic) bond motifs is 1. The van der Waals surface area contributed by atoms with Crippen LogP contribution >= 0.6 is 22.9 Å². The van der Waals surface area contributed by atoms with Gasteiger partial charge in [0.15, 0.2) is 0 Å². The van der Waals surface area contributed by atoms with Gasteiger partial charge in [-0.15, -0.1) is 11.3 Å². The normalized spacial score (nSPS) is 12.7. The second-order valence-electron chi connectivity index (χ2n) is 6.16. The lowest BCUT2D eigenvalue weighted by molar-refractivity contribution is -0.126. The number of amides is 1. The molecule has 1 aliphatic heterocycles. The predicted molar refractivity (Wildman–Crippen MR) is 112 cm³/mol. The van der Waals surface area contributed by atoms with Gasteiger partial charge in [0.25, 0.3) is 0 Å². The fourth-order valence-electron chi connectivity index (χ4n) is 2.92. The number of thiophene rings is 1. The van der Waals surface area contributed by atoms with E-state index < -0.39 is 0 Å². The van der Waals surface area contributed by atoms with Gasteiger partial charge in [0.1, 0.15) is 0 Å². The van der Waals surface area contributed by atoms with Crippen LogP contribution < -0.4 is 0 Å². The van der Waals surface area contributed by atoms with E-state index in [9.17, 15) is 4.79 Å². The Bertz CT molecular complexity index is 917. The molecule has 1 aliphatic rings. The van der Waals surface area contributed by atoms with E-state index in [4.69, 9.17) is 11.6 Å². The number of halogens is 1. The maximum atomic E-state index is 11.4. The molecule has 0 N–H and O–H groups in total. The average Bonchev–Trinajstić information content (AvgIpc) is 3.33. The molecule has 4 nitrogen and oxygen atoms in total. The van der Waals surface area contributed by atoms with Crippen LogP contribution in [0, 0.1) is 0 Å². The first-order valence-electron chi connectivity index (χ1n) is 8.87. The maximum Gasteiger partial charge on any atom is 0.246 e. The topological polar surface area (TPSA) is 38.1 Å². The zero-order valence-corrected chi connectivity index (χ0v) is 16.8.